The summed E-state index contributed by atoms with van der Waals surface area (Å²) in [5.74, 6) is -0.00853. The lowest BCUT2D eigenvalue weighted by Crippen LogP contribution is -2.28. The predicted octanol–water partition coefficient (Wildman–Crippen LogP) is 3.04. The fraction of sp³-hybridized carbons (Fsp3) is 0.333. The highest BCUT2D eigenvalue weighted by atomic mass is 19.1. The second kappa shape index (κ2) is 6.58. The molecule has 1 unspecified atom stereocenters. The Morgan fingerprint density at radius 1 is 1.28 bits per heavy atom. The van der Waals surface area contributed by atoms with E-state index in [-0.39, 0.29) is 23.6 Å². The molecule has 2 heterocycles. The van der Waals surface area contributed by atoms with E-state index < -0.39 is 6.10 Å². The predicted molar refractivity (Wildman–Crippen MR) is 91.8 cm³/mol. The van der Waals surface area contributed by atoms with Crippen molar-refractivity contribution < 1.29 is 14.0 Å². The second-order valence-electron chi connectivity index (χ2n) is 6.88. The van der Waals surface area contributed by atoms with Crippen LogP contribution in [0, 0.1) is 5.82 Å². The molecule has 0 spiro atoms. The van der Waals surface area contributed by atoms with Gasteiger partial charge in [0.25, 0.3) is 5.91 Å². The highest BCUT2D eigenvalue weighted by molar-refractivity contribution is 6.06. The van der Waals surface area contributed by atoms with E-state index in [2.05, 4.69) is 20.4 Å². The first-order valence-corrected chi connectivity index (χ1v) is 7.95. The van der Waals surface area contributed by atoms with Crippen LogP contribution >= 0.6 is 0 Å². The Labute approximate surface area is 145 Å². The molecule has 1 aliphatic heterocycles. The van der Waals surface area contributed by atoms with E-state index in [1.165, 1.54) is 12.1 Å². The number of anilines is 1. The van der Waals surface area contributed by atoms with Crippen molar-refractivity contribution in [2.24, 2.45) is 5.16 Å². The molecular formula is C18H19FN4O2. The number of nitrogens with one attached hydrogen (secondary N) is 1. The van der Waals surface area contributed by atoms with Gasteiger partial charge in [0.2, 0.25) is 6.10 Å². The van der Waals surface area contributed by atoms with Crippen LogP contribution in [0.5, 0.6) is 0 Å². The summed E-state index contributed by atoms with van der Waals surface area (Å²) in [6, 6.07) is 6.03. The van der Waals surface area contributed by atoms with Crippen LogP contribution in [-0.2, 0) is 15.0 Å². The molecule has 7 heteroatoms. The molecule has 0 saturated heterocycles. The Morgan fingerprint density at radius 2 is 2.00 bits per heavy atom. The third-order valence-corrected chi connectivity index (χ3v) is 3.71. The summed E-state index contributed by atoms with van der Waals surface area (Å²) in [7, 11) is 0. The Kier molecular flexibility index (Phi) is 4.48. The molecule has 1 aromatic carbocycles. The topological polar surface area (TPSA) is 76.5 Å². The Bertz CT molecular complexity index is 813. The molecule has 0 radical (unpaired) electrons. The number of amides is 1. The maximum absolute atomic E-state index is 13.3. The molecule has 1 N–H and O–H groups in total. The molecule has 0 saturated carbocycles. The van der Waals surface area contributed by atoms with Gasteiger partial charge in [0, 0.05) is 17.4 Å². The molecule has 1 amide bonds. The number of hydrogen-bond acceptors (Lipinski definition) is 5. The van der Waals surface area contributed by atoms with Gasteiger partial charge in [-0.1, -0.05) is 38.1 Å². The van der Waals surface area contributed by atoms with E-state index in [0.717, 1.165) is 0 Å². The van der Waals surface area contributed by atoms with E-state index >= 15 is 0 Å². The first kappa shape index (κ1) is 17.0. The molecule has 0 bridgehead atoms. The largest absolute Gasteiger partial charge is 0.382 e. The molecule has 1 aliphatic rings. The smallest absolute Gasteiger partial charge is 0.268 e. The third-order valence-electron chi connectivity index (χ3n) is 3.71. The van der Waals surface area contributed by atoms with Gasteiger partial charge in [0.1, 0.15) is 11.6 Å². The summed E-state index contributed by atoms with van der Waals surface area (Å²) < 4.78 is 13.3. The van der Waals surface area contributed by atoms with Gasteiger partial charge in [-0.25, -0.2) is 14.4 Å². The molecule has 3 rings (SSSR count). The Morgan fingerprint density at radius 3 is 2.64 bits per heavy atom. The zero-order valence-corrected chi connectivity index (χ0v) is 14.3. The van der Waals surface area contributed by atoms with Crippen molar-refractivity contribution in [3.8, 4) is 0 Å². The van der Waals surface area contributed by atoms with Crippen molar-refractivity contribution in [1.82, 2.24) is 9.97 Å². The summed E-state index contributed by atoms with van der Waals surface area (Å²) in [4.78, 5) is 26.0. The number of nitrogens with zero attached hydrogens (tertiary/aromatic N) is 3. The van der Waals surface area contributed by atoms with Crippen LogP contribution < -0.4 is 5.32 Å². The molecule has 25 heavy (non-hydrogen) atoms. The summed E-state index contributed by atoms with van der Waals surface area (Å²) in [6.07, 6.45) is 2.64. The van der Waals surface area contributed by atoms with Gasteiger partial charge in [0.15, 0.2) is 0 Å². The molecule has 0 fully saturated rings. The van der Waals surface area contributed by atoms with E-state index in [0.29, 0.717) is 22.8 Å². The fourth-order valence-corrected chi connectivity index (χ4v) is 2.36. The van der Waals surface area contributed by atoms with E-state index in [4.69, 9.17) is 4.84 Å². The molecule has 1 aromatic heterocycles. The number of benzene rings is 1. The number of oxime groups is 1. The SMILES string of the molecule is CC(C)(C)c1ncc(NC(=O)C2CC(c3cccc(F)c3)=NO2)cn1. The van der Waals surface area contributed by atoms with Gasteiger partial charge in [-0.05, 0) is 12.1 Å². The monoisotopic (exact) mass is 342 g/mol. The zero-order chi connectivity index (χ0) is 18.0. The standard InChI is InChI=1S/C18H19FN4O2/c1-18(2,3)17-20-9-13(10-21-17)22-16(24)15-8-14(23-25-15)11-5-4-6-12(19)7-11/h4-7,9-10,15H,8H2,1-3H3,(H,22,24). The first-order valence-electron chi connectivity index (χ1n) is 7.95. The first-order chi connectivity index (χ1) is 11.8. The molecule has 0 aliphatic carbocycles. The minimum absolute atomic E-state index is 0.162. The van der Waals surface area contributed by atoms with Crippen molar-refractivity contribution in [2.45, 2.75) is 38.7 Å². The number of rotatable bonds is 3. The average Bonchev–Trinajstić information content (AvgIpc) is 3.05. The lowest BCUT2D eigenvalue weighted by Gasteiger charge is -2.16. The van der Waals surface area contributed by atoms with Crippen LogP contribution in [-0.4, -0.2) is 27.7 Å². The van der Waals surface area contributed by atoms with Gasteiger partial charge >= 0.3 is 0 Å². The van der Waals surface area contributed by atoms with Gasteiger partial charge in [-0.3, -0.25) is 4.79 Å². The average molecular weight is 342 g/mol. The van der Waals surface area contributed by atoms with Crippen molar-refractivity contribution in [3.63, 3.8) is 0 Å². The van der Waals surface area contributed by atoms with Crippen LogP contribution in [0.1, 0.15) is 38.6 Å². The summed E-state index contributed by atoms with van der Waals surface area (Å²) in [5.41, 5.74) is 1.47. The lowest BCUT2D eigenvalue weighted by molar-refractivity contribution is -0.125. The molecule has 2 aromatic rings. The highest BCUT2D eigenvalue weighted by Gasteiger charge is 2.29. The Balaban J connectivity index is 1.62. The molecule has 130 valence electrons. The summed E-state index contributed by atoms with van der Waals surface area (Å²) in [5, 5.41) is 6.61. The molecule has 6 nitrogen and oxygen atoms in total. The minimum Gasteiger partial charge on any atom is -0.382 e. The highest BCUT2D eigenvalue weighted by Crippen LogP contribution is 2.20. The normalized spacial score (nSPS) is 17.0. The maximum Gasteiger partial charge on any atom is 0.268 e. The summed E-state index contributed by atoms with van der Waals surface area (Å²) >= 11 is 0. The number of aromatic nitrogens is 2. The molecular weight excluding hydrogens is 323 g/mol. The van der Waals surface area contributed by atoms with Gasteiger partial charge in [-0.2, -0.15) is 0 Å². The van der Waals surface area contributed by atoms with Crippen molar-refractivity contribution >= 4 is 17.3 Å². The number of carbonyl (C=O) groups is 1. The Hall–Kier alpha value is -2.83. The maximum atomic E-state index is 13.3. The summed E-state index contributed by atoms with van der Waals surface area (Å²) in [6.45, 7) is 6.04. The van der Waals surface area contributed by atoms with Crippen LogP contribution in [0.4, 0.5) is 10.1 Å². The second-order valence-corrected chi connectivity index (χ2v) is 6.88. The van der Waals surface area contributed by atoms with Crippen molar-refractivity contribution in [1.29, 1.82) is 0 Å². The van der Waals surface area contributed by atoms with Crippen molar-refractivity contribution in [3.05, 3.63) is 53.9 Å². The van der Waals surface area contributed by atoms with Crippen LogP contribution in [0.3, 0.4) is 0 Å². The molecule has 1 atom stereocenters. The van der Waals surface area contributed by atoms with E-state index in [1.807, 2.05) is 20.8 Å². The number of hydrogen-bond donors (Lipinski definition) is 1. The minimum atomic E-state index is -0.763. The third kappa shape index (κ3) is 3.99. The zero-order valence-electron chi connectivity index (χ0n) is 14.3. The number of halogens is 1. The van der Waals surface area contributed by atoms with Crippen LogP contribution in [0.25, 0.3) is 0 Å². The van der Waals surface area contributed by atoms with E-state index in [9.17, 15) is 9.18 Å². The van der Waals surface area contributed by atoms with Gasteiger partial charge < -0.3 is 10.2 Å². The van der Waals surface area contributed by atoms with Crippen LogP contribution in [0.2, 0.25) is 0 Å². The van der Waals surface area contributed by atoms with Gasteiger partial charge in [-0.15, -0.1) is 0 Å². The van der Waals surface area contributed by atoms with Crippen molar-refractivity contribution in [2.75, 3.05) is 5.32 Å². The number of carbonyl (C=O) groups excluding carboxylic acids is 1. The lowest BCUT2D eigenvalue weighted by atomic mass is 9.96. The van der Waals surface area contributed by atoms with Gasteiger partial charge in [0.05, 0.1) is 23.8 Å². The van der Waals surface area contributed by atoms with E-state index in [1.54, 1.807) is 24.5 Å². The fourth-order valence-electron chi connectivity index (χ4n) is 2.36. The van der Waals surface area contributed by atoms with Crippen LogP contribution in [0.15, 0.2) is 41.8 Å². The quantitative estimate of drug-likeness (QED) is 0.930.